The molecule has 0 aliphatic heterocycles. The van der Waals surface area contributed by atoms with Crippen molar-refractivity contribution >= 4 is 9.84 Å². The normalized spacial score (nSPS) is 13.4. The first-order valence-electron chi connectivity index (χ1n) is 8.13. The van der Waals surface area contributed by atoms with Gasteiger partial charge in [-0.2, -0.15) is 4.98 Å². The second kappa shape index (κ2) is 7.90. The van der Waals surface area contributed by atoms with Gasteiger partial charge in [0.1, 0.15) is 0 Å². The molecular weight excluding hydrogens is 326 g/mol. The van der Waals surface area contributed by atoms with Crippen LogP contribution in [0.2, 0.25) is 0 Å². The van der Waals surface area contributed by atoms with Crippen molar-refractivity contribution in [1.82, 2.24) is 15.0 Å². The summed E-state index contributed by atoms with van der Waals surface area (Å²) in [5, 5.41) is 4.02. The summed E-state index contributed by atoms with van der Waals surface area (Å²) in [6, 6.07) is 7.09. The van der Waals surface area contributed by atoms with Crippen LogP contribution in [0, 0.1) is 0 Å². The third kappa shape index (κ3) is 4.88. The van der Waals surface area contributed by atoms with Gasteiger partial charge in [0, 0.05) is 18.7 Å². The first kappa shape index (κ1) is 18.6. The topological polar surface area (TPSA) is 76.3 Å². The van der Waals surface area contributed by atoms with Crippen LogP contribution in [0.4, 0.5) is 0 Å². The summed E-state index contributed by atoms with van der Waals surface area (Å²) in [7, 11) is -1.18. The van der Waals surface area contributed by atoms with Gasteiger partial charge in [-0.3, -0.25) is 4.90 Å². The average Bonchev–Trinajstić information content (AvgIpc) is 2.98. The fourth-order valence-electron chi connectivity index (χ4n) is 2.39. The highest BCUT2D eigenvalue weighted by atomic mass is 32.2. The van der Waals surface area contributed by atoms with Crippen molar-refractivity contribution < 1.29 is 12.9 Å². The Labute approximate surface area is 143 Å². The van der Waals surface area contributed by atoms with E-state index in [1.807, 2.05) is 19.2 Å². The molecule has 0 radical (unpaired) electrons. The van der Waals surface area contributed by atoms with Crippen molar-refractivity contribution in [1.29, 1.82) is 0 Å². The fraction of sp³-hybridized carbons (Fsp3) is 0.529. The molecule has 0 bridgehead atoms. The van der Waals surface area contributed by atoms with Gasteiger partial charge >= 0.3 is 0 Å². The summed E-state index contributed by atoms with van der Waals surface area (Å²) in [5.41, 5.74) is 1.04. The third-order valence-corrected chi connectivity index (χ3v) is 5.23. The van der Waals surface area contributed by atoms with Gasteiger partial charge in [-0.05, 0) is 38.1 Å². The van der Waals surface area contributed by atoms with E-state index in [2.05, 4.69) is 28.9 Å². The molecule has 1 aromatic carbocycles. The van der Waals surface area contributed by atoms with Crippen LogP contribution >= 0.6 is 0 Å². The standard InChI is InChI=1S/C17H25N3O3S/c1-5-6-7-17-18-16(19-23-17)12-20(3)13(2)14-8-10-15(11-9-14)24(4,21)22/h8-11,13H,5-7,12H2,1-4H3. The monoisotopic (exact) mass is 351 g/mol. The van der Waals surface area contributed by atoms with Gasteiger partial charge < -0.3 is 4.52 Å². The van der Waals surface area contributed by atoms with Gasteiger partial charge in [-0.15, -0.1) is 0 Å². The Kier molecular flexibility index (Phi) is 6.12. The highest BCUT2D eigenvalue weighted by Gasteiger charge is 2.16. The van der Waals surface area contributed by atoms with Gasteiger partial charge in [0.25, 0.3) is 0 Å². The maximum absolute atomic E-state index is 11.5. The molecule has 132 valence electrons. The molecule has 7 heteroatoms. The maximum atomic E-state index is 11.5. The number of hydrogen-bond acceptors (Lipinski definition) is 6. The van der Waals surface area contributed by atoms with E-state index in [-0.39, 0.29) is 6.04 Å². The van der Waals surface area contributed by atoms with Crippen LogP contribution in [0.25, 0.3) is 0 Å². The summed E-state index contributed by atoms with van der Waals surface area (Å²) in [6.07, 6.45) is 4.17. The quantitative estimate of drug-likeness (QED) is 0.728. The Bertz CT molecular complexity index is 754. The summed E-state index contributed by atoms with van der Waals surface area (Å²) in [4.78, 5) is 6.85. The van der Waals surface area contributed by atoms with E-state index in [1.165, 1.54) is 6.26 Å². The highest BCUT2D eigenvalue weighted by Crippen LogP contribution is 2.22. The molecule has 0 amide bonds. The second-order valence-corrected chi connectivity index (χ2v) is 8.16. The van der Waals surface area contributed by atoms with E-state index >= 15 is 0 Å². The number of rotatable bonds is 8. The number of aryl methyl sites for hydroxylation is 1. The number of aromatic nitrogens is 2. The summed E-state index contributed by atoms with van der Waals surface area (Å²) in [6.45, 7) is 4.76. The Morgan fingerprint density at radius 1 is 1.25 bits per heavy atom. The van der Waals surface area contributed by atoms with E-state index in [0.717, 1.165) is 24.8 Å². The largest absolute Gasteiger partial charge is 0.339 e. The van der Waals surface area contributed by atoms with Crippen LogP contribution in [-0.2, 0) is 22.8 Å². The zero-order chi connectivity index (χ0) is 17.7. The SMILES string of the molecule is CCCCc1nc(CN(C)C(C)c2ccc(S(C)(=O)=O)cc2)no1. The molecule has 0 N–H and O–H groups in total. The van der Waals surface area contributed by atoms with E-state index < -0.39 is 9.84 Å². The molecule has 24 heavy (non-hydrogen) atoms. The molecule has 0 saturated carbocycles. The fourth-order valence-corrected chi connectivity index (χ4v) is 3.02. The second-order valence-electron chi connectivity index (χ2n) is 6.14. The lowest BCUT2D eigenvalue weighted by Gasteiger charge is -2.23. The van der Waals surface area contributed by atoms with Crippen LogP contribution in [0.3, 0.4) is 0 Å². The van der Waals surface area contributed by atoms with Crippen molar-refractivity contribution in [3.8, 4) is 0 Å². The van der Waals surface area contributed by atoms with Crippen LogP contribution < -0.4 is 0 Å². The zero-order valence-electron chi connectivity index (χ0n) is 14.7. The molecule has 0 spiro atoms. The van der Waals surface area contributed by atoms with Crippen molar-refractivity contribution in [2.24, 2.45) is 0 Å². The minimum atomic E-state index is -3.17. The molecule has 0 fully saturated rings. The number of unbranched alkanes of at least 4 members (excludes halogenated alkanes) is 1. The molecule has 1 heterocycles. The molecule has 0 saturated heterocycles. The Balaban J connectivity index is 2.01. The number of sulfone groups is 1. The molecule has 1 unspecified atom stereocenters. The van der Waals surface area contributed by atoms with E-state index in [4.69, 9.17) is 4.52 Å². The lowest BCUT2D eigenvalue weighted by Crippen LogP contribution is -2.22. The van der Waals surface area contributed by atoms with Crippen molar-refractivity contribution in [2.45, 2.75) is 50.6 Å². The van der Waals surface area contributed by atoms with Crippen LogP contribution in [0.5, 0.6) is 0 Å². The van der Waals surface area contributed by atoms with Gasteiger partial charge in [-0.25, -0.2) is 8.42 Å². The van der Waals surface area contributed by atoms with Gasteiger partial charge in [0.05, 0.1) is 11.4 Å². The van der Waals surface area contributed by atoms with Crippen molar-refractivity contribution in [2.75, 3.05) is 13.3 Å². The van der Waals surface area contributed by atoms with Crippen molar-refractivity contribution in [3.63, 3.8) is 0 Å². The summed E-state index contributed by atoms with van der Waals surface area (Å²) < 4.78 is 28.3. The molecule has 6 nitrogen and oxygen atoms in total. The Morgan fingerprint density at radius 3 is 2.50 bits per heavy atom. The predicted molar refractivity (Wildman–Crippen MR) is 92.3 cm³/mol. The van der Waals surface area contributed by atoms with E-state index in [0.29, 0.717) is 23.2 Å². The number of nitrogens with zero attached hydrogens (tertiary/aromatic N) is 3. The highest BCUT2D eigenvalue weighted by molar-refractivity contribution is 7.90. The smallest absolute Gasteiger partial charge is 0.226 e. The molecule has 0 aliphatic rings. The lowest BCUT2D eigenvalue weighted by molar-refractivity contribution is 0.242. The first-order valence-corrected chi connectivity index (χ1v) is 10.0. The van der Waals surface area contributed by atoms with E-state index in [1.54, 1.807) is 12.1 Å². The zero-order valence-corrected chi connectivity index (χ0v) is 15.5. The minimum absolute atomic E-state index is 0.108. The van der Waals surface area contributed by atoms with Crippen LogP contribution in [-0.4, -0.2) is 36.8 Å². The Morgan fingerprint density at radius 2 is 1.92 bits per heavy atom. The molecule has 1 atom stereocenters. The molecule has 0 aliphatic carbocycles. The lowest BCUT2D eigenvalue weighted by atomic mass is 10.1. The molecular formula is C17H25N3O3S. The average molecular weight is 351 g/mol. The number of hydrogen-bond donors (Lipinski definition) is 0. The molecule has 2 rings (SSSR count). The Hall–Kier alpha value is -1.73. The van der Waals surface area contributed by atoms with Gasteiger partial charge in [0.15, 0.2) is 15.7 Å². The minimum Gasteiger partial charge on any atom is -0.339 e. The number of benzene rings is 1. The third-order valence-electron chi connectivity index (χ3n) is 4.10. The first-order chi connectivity index (χ1) is 11.3. The van der Waals surface area contributed by atoms with Gasteiger partial charge in [-0.1, -0.05) is 30.6 Å². The van der Waals surface area contributed by atoms with E-state index in [9.17, 15) is 8.42 Å². The molecule has 1 aromatic heterocycles. The molecule has 2 aromatic rings. The summed E-state index contributed by atoms with van der Waals surface area (Å²) in [5.74, 6) is 1.36. The van der Waals surface area contributed by atoms with Gasteiger partial charge in [0.2, 0.25) is 5.89 Å². The van der Waals surface area contributed by atoms with Crippen LogP contribution in [0.1, 0.15) is 50.0 Å². The summed E-state index contributed by atoms with van der Waals surface area (Å²) >= 11 is 0. The van der Waals surface area contributed by atoms with Crippen molar-refractivity contribution in [3.05, 3.63) is 41.5 Å². The predicted octanol–water partition coefficient (Wildman–Crippen LogP) is 3.01. The maximum Gasteiger partial charge on any atom is 0.226 e. The van der Waals surface area contributed by atoms with Crippen LogP contribution in [0.15, 0.2) is 33.7 Å².